The molecule has 0 atom stereocenters. The van der Waals surface area contributed by atoms with Gasteiger partial charge in [0.2, 0.25) is 0 Å². The number of rotatable bonds is 5. The van der Waals surface area contributed by atoms with Crippen LogP contribution in [-0.2, 0) is 16.8 Å². The molecule has 0 aromatic heterocycles. The van der Waals surface area contributed by atoms with Gasteiger partial charge in [0.15, 0.2) is 11.5 Å². The summed E-state index contributed by atoms with van der Waals surface area (Å²) in [5, 5.41) is 19.8. The average Bonchev–Trinajstić information content (AvgIpc) is 2.63. The minimum atomic E-state index is -0.819. The second-order valence-corrected chi connectivity index (χ2v) is 6.50. The average molecular weight is 341 g/mol. The number of carboxylic acids is 1. The quantitative estimate of drug-likeness (QED) is 0.875. The Morgan fingerprint density at radius 3 is 2.40 bits per heavy atom. The molecule has 0 aliphatic carbocycles. The summed E-state index contributed by atoms with van der Waals surface area (Å²) < 4.78 is 5.30. The van der Waals surface area contributed by atoms with Gasteiger partial charge in [-0.05, 0) is 37.6 Å². The predicted octanol–water partition coefficient (Wildman–Crippen LogP) is 3.02. The number of likely N-dealkylation sites (tertiary alicyclic amines) is 1. The van der Waals surface area contributed by atoms with Crippen molar-refractivity contribution in [1.82, 2.24) is 4.90 Å². The SMILES string of the molecule is COc1c(O)cccc1CN1CCC(C(=O)O)(c2ccccc2)CC1. The van der Waals surface area contributed by atoms with E-state index in [1.807, 2.05) is 36.4 Å². The van der Waals surface area contributed by atoms with Crippen LogP contribution in [0.15, 0.2) is 48.5 Å². The first-order valence-corrected chi connectivity index (χ1v) is 8.43. The van der Waals surface area contributed by atoms with Gasteiger partial charge in [-0.3, -0.25) is 9.69 Å². The standard InChI is InChI=1S/C20H23NO4/c1-25-18-15(6-5-9-17(18)22)14-21-12-10-20(11-13-21,19(23)24)16-7-3-2-4-8-16/h2-9,22H,10-14H2,1H3,(H,23,24). The van der Waals surface area contributed by atoms with Gasteiger partial charge in [-0.1, -0.05) is 42.5 Å². The molecular formula is C20H23NO4. The van der Waals surface area contributed by atoms with Crippen molar-refractivity contribution in [3.05, 3.63) is 59.7 Å². The first-order valence-electron chi connectivity index (χ1n) is 8.43. The van der Waals surface area contributed by atoms with Crippen LogP contribution in [0.4, 0.5) is 0 Å². The fourth-order valence-electron chi connectivity index (χ4n) is 3.65. The van der Waals surface area contributed by atoms with Crippen molar-refractivity contribution in [2.75, 3.05) is 20.2 Å². The van der Waals surface area contributed by atoms with Crippen molar-refractivity contribution in [3.8, 4) is 11.5 Å². The number of aliphatic carboxylic acids is 1. The molecule has 0 unspecified atom stereocenters. The largest absolute Gasteiger partial charge is 0.504 e. The van der Waals surface area contributed by atoms with Gasteiger partial charge >= 0.3 is 5.97 Å². The highest BCUT2D eigenvalue weighted by Crippen LogP contribution is 2.37. The van der Waals surface area contributed by atoms with E-state index in [0.29, 0.717) is 38.2 Å². The second-order valence-electron chi connectivity index (χ2n) is 6.50. The van der Waals surface area contributed by atoms with E-state index in [-0.39, 0.29) is 5.75 Å². The van der Waals surface area contributed by atoms with E-state index in [4.69, 9.17) is 4.74 Å². The molecule has 1 aliphatic rings. The number of ether oxygens (including phenoxy) is 1. The molecule has 0 bridgehead atoms. The van der Waals surface area contributed by atoms with Crippen LogP contribution in [0.25, 0.3) is 0 Å². The van der Waals surface area contributed by atoms with E-state index < -0.39 is 11.4 Å². The molecule has 0 spiro atoms. The molecule has 0 radical (unpaired) electrons. The third-order valence-electron chi connectivity index (χ3n) is 5.12. The maximum Gasteiger partial charge on any atom is 0.314 e. The van der Waals surface area contributed by atoms with Crippen LogP contribution < -0.4 is 4.74 Å². The lowest BCUT2D eigenvalue weighted by molar-refractivity contribution is -0.146. The number of phenols is 1. The normalized spacial score (nSPS) is 17.2. The Morgan fingerprint density at radius 1 is 1.12 bits per heavy atom. The summed E-state index contributed by atoms with van der Waals surface area (Å²) in [5.74, 6) is -0.143. The van der Waals surface area contributed by atoms with Gasteiger partial charge in [-0.25, -0.2) is 0 Å². The smallest absolute Gasteiger partial charge is 0.314 e. The molecular weight excluding hydrogens is 318 g/mol. The lowest BCUT2D eigenvalue weighted by Crippen LogP contribution is -2.47. The summed E-state index contributed by atoms with van der Waals surface area (Å²) in [6.45, 7) is 1.99. The number of nitrogens with zero attached hydrogens (tertiary/aromatic N) is 1. The van der Waals surface area contributed by atoms with Crippen molar-refractivity contribution in [2.24, 2.45) is 0 Å². The summed E-state index contributed by atoms with van der Waals surface area (Å²) in [4.78, 5) is 14.2. The first-order chi connectivity index (χ1) is 12.1. The van der Waals surface area contributed by atoms with E-state index in [1.54, 1.807) is 19.2 Å². The Balaban J connectivity index is 1.75. The minimum Gasteiger partial charge on any atom is -0.504 e. The van der Waals surface area contributed by atoms with Gasteiger partial charge < -0.3 is 14.9 Å². The number of carboxylic acid groups (broad SMARTS) is 1. The number of piperidine rings is 1. The van der Waals surface area contributed by atoms with E-state index in [9.17, 15) is 15.0 Å². The zero-order valence-corrected chi connectivity index (χ0v) is 14.3. The lowest BCUT2D eigenvalue weighted by Gasteiger charge is -2.39. The molecule has 2 N–H and O–H groups in total. The van der Waals surface area contributed by atoms with Crippen LogP contribution >= 0.6 is 0 Å². The van der Waals surface area contributed by atoms with Crippen molar-refractivity contribution >= 4 is 5.97 Å². The van der Waals surface area contributed by atoms with Crippen molar-refractivity contribution in [1.29, 1.82) is 0 Å². The third-order valence-corrected chi connectivity index (χ3v) is 5.12. The van der Waals surface area contributed by atoms with Gasteiger partial charge in [-0.15, -0.1) is 0 Å². The molecule has 5 heteroatoms. The minimum absolute atomic E-state index is 0.126. The fraction of sp³-hybridized carbons (Fsp3) is 0.350. The van der Waals surface area contributed by atoms with E-state index in [0.717, 1.165) is 11.1 Å². The van der Waals surface area contributed by atoms with Crippen LogP contribution in [0.3, 0.4) is 0 Å². The molecule has 1 heterocycles. The molecule has 132 valence electrons. The number of hydrogen-bond donors (Lipinski definition) is 2. The number of phenolic OH excluding ortho intramolecular Hbond substituents is 1. The second kappa shape index (κ2) is 7.15. The molecule has 0 amide bonds. The Bertz CT molecular complexity index is 737. The molecule has 3 rings (SSSR count). The topological polar surface area (TPSA) is 70.0 Å². The number of para-hydroxylation sites is 1. The Kier molecular flexibility index (Phi) is 4.95. The molecule has 0 saturated carbocycles. The summed E-state index contributed by atoms with van der Waals surface area (Å²) >= 11 is 0. The van der Waals surface area contributed by atoms with Crippen molar-refractivity contribution < 1.29 is 19.7 Å². The third kappa shape index (κ3) is 3.33. The molecule has 1 aliphatic heterocycles. The molecule has 2 aromatic carbocycles. The van der Waals surface area contributed by atoms with Gasteiger partial charge in [-0.2, -0.15) is 0 Å². The Morgan fingerprint density at radius 2 is 1.80 bits per heavy atom. The summed E-state index contributed by atoms with van der Waals surface area (Å²) in [6, 6.07) is 14.8. The van der Waals surface area contributed by atoms with E-state index in [2.05, 4.69) is 4.90 Å². The Labute approximate surface area is 147 Å². The van der Waals surface area contributed by atoms with Gasteiger partial charge in [0.05, 0.1) is 12.5 Å². The number of aromatic hydroxyl groups is 1. The molecule has 25 heavy (non-hydrogen) atoms. The van der Waals surface area contributed by atoms with Gasteiger partial charge in [0, 0.05) is 12.1 Å². The molecule has 5 nitrogen and oxygen atoms in total. The zero-order valence-electron chi connectivity index (χ0n) is 14.3. The van der Waals surface area contributed by atoms with Crippen LogP contribution in [0.2, 0.25) is 0 Å². The van der Waals surface area contributed by atoms with E-state index in [1.165, 1.54) is 0 Å². The maximum atomic E-state index is 12.0. The van der Waals surface area contributed by atoms with Gasteiger partial charge in [0.25, 0.3) is 0 Å². The summed E-state index contributed by atoms with van der Waals surface area (Å²) in [5.41, 5.74) is 0.961. The Hall–Kier alpha value is -2.53. The van der Waals surface area contributed by atoms with Gasteiger partial charge in [0.1, 0.15) is 0 Å². The monoisotopic (exact) mass is 341 g/mol. The van der Waals surface area contributed by atoms with Crippen LogP contribution in [0, 0.1) is 0 Å². The van der Waals surface area contributed by atoms with Crippen LogP contribution in [0.5, 0.6) is 11.5 Å². The van der Waals surface area contributed by atoms with Crippen molar-refractivity contribution in [2.45, 2.75) is 24.8 Å². The highest BCUT2D eigenvalue weighted by molar-refractivity contribution is 5.81. The predicted molar refractivity (Wildman–Crippen MR) is 94.9 cm³/mol. The highest BCUT2D eigenvalue weighted by atomic mass is 16.5. The first kappa shape index (κ1) is 17.3. The summed E-state index contributed by atoms with van der Waals surface area (Å²) in [6.07, 6.45) is 1.13. The van der Waals surface area contributed by atoms with Crippen LogP contribution in [0.1, 0.15) is 24.0 Å². The summed E-state index contributed by atoms with van der Waals surface area (Å²) in [7, 11) is 1.54. The number of methoxy groups -OCH3 is 1. The zero-order chi connectivity index (χ0) is 17.9. The van der Waals surface area contributed by atoms with E-state index >= 15 is 0 Å². The highest BCUT2D eigenvalue weighted by Gasteiger charge is 2.43. The van der Waals surface area contributed by atoms with Crippen LogP contribution in [-0.4, -0.2) is 41.3 Å². The number of benzene rings is 2. The fourth-order valence-corrected chi connectivity index (χ4v) is 3.65. The number of carbonyl (C=O) groups is 1. The maximum absolute atomic E-state index is 12.0. The molecule has 2 aromatic rings. The molecule has 1 saturated heterocycles. The lowest BCUT2D eigenvalue weighted by atomic mass is 9.73. The molecule has 1 fully saturated rings. The van der Waals surface area contributed by atoms with Crippen molar-refractivity contribution in [3.63, 3.8) is 0 Å². The number of hydrogen-bond acceptors (Lipinski definition) is 4.